The van der Waals surface area contributed by atoms with E-state index in [0.717, 1.165) is 24.5 Å². The number of benzene rings is 2. The van der Waals surface area contributed by atoms with Crippen LogP contribution in [0, 0.1) is 0 Å². The van der Waals surface area contributed by atoms with E-state index >= 15 is 0 Å². The van der Waals surface area contributed by atoms with Gasteiger partial charge in [0, 0.05) is 11.6 Å². The van der Waals surface area contributed by atoms with Gasteiger partial charge in [-0.15, -0.1) is 0 Å². The SMILES string of the molecule is CC(C)=CCCC(C)=CCc1c(O)cc(O)c2c(=O)c3cccc(O)c3oc12. The number of para-hydroxylation sites is 1. The van der Waals surface area contributed by atoms with E-state index in [2.05, 4.69) is 19.9 Å². The van der Waals surface area contributed by atoms with E-state index in [4.69, 9.17) is 4.42 Å². The van der Waals surface area contributed by atoms with Crippen LogP contribution in [0.4, 0.5) is 0 Å². The first-order chi connectivity index (χ1) is 13.3. The first-order valence-electron chi connectivity index (χ1n) is 9.21. The van der Waals surface area contributed by atoms with Crippen LogP contribution in [0.3, 0.4) is 0 Å². The number of hydrogen-bond donors (Lipinski definition) is 3. The van der Waals surface area contributed by atoms with E-state index in [9.17, 15) is 20.1 Å². The molecule has 3 N–H and O–H groups in total. The summed E-state index contributed by atoms with van der Waals surface area (Å²) < 4.78 is 5.79. The summed E-state index contributed by atoms with van der Waals surface area (Å²) >= 11 is 0. The third kappa shape index (κ3) is 3.74. The maximum absolute atomic E-state index is 12.8. The molecule has 0 unspecified atom stereocenters. The highest BCUT2D eigenvalue weighted by Crippen LogP contribution is 2.36. The van der Waals surface area contributed by atoms with Crippen molar-refractivity contribution < 1.29 is 19.7 Å². The summed E-state index contributed by atoms with van der Waals surface area (Å²) in [6.45, 7) is 6.12. The van der Waals surface area contributed by atoms with Crippen LogP contribution in [0.15, 0.2) is 56.8 Å². The van der Waals surface area contributed by atoms with Crippen molar-refractivity contribution in [1.82, 2.24) is 0 Å². The maximum Gasteiger partial charge on any atom is 0.204 e. The van der Waals surface area contributed by atoms with Crippen molar-refractivity contribution in [2.24, 2.45) is 0 Å². The summed E-state index contributed by atoms with van der Waals surface area (Å²) in [5.41, 5.74) is 2.49. The van der Waals surface area contributed by atoms with E-state index in [1.165, 1.54) is 23.8 Å². The molecule has 0 aliphatic rings. The zero-order valence-electron chi connectivity index (χ0n) is 16.2. The fraction of sp³-hybridized carbons (Fsp3) is 0.261. The predicted molar refractivity (Wildman–Crippen MR) is 111 cm³/mol. The van der Waals surface area contributed by atoms with Gasteiger partial charge in [-0.1, -0.05) is 29.4 Å². The van der Waals surface area contributed by atoms with Gasteiger partial charge in [-0.2, -0.15) is 0 Å². The Balaban J connectivity index is 2.12. The van der Waals surface area contributed by atoms with Gasteiger partial charge in [0.25, 0.3) is 0 Å². The molecule has 0 spiro atoms. The van der Waals surface area contributed by atoms with Crippen molar-refractivity contribution in [2.75, 3.05) is 0 Å². The number of phenols is 3. The Labute approximate surface area is 162 Å². The highest BCUT2D eigenvalue weighted by molar-refractivity contribution is 5.97. The molecule has 0 amide bonds. The number of hydrogen-bond acceptors (Lipinski definition) is 5. The fourth-order valence-electron chi connectivity index (χ4n) is 3.22. The first-order valence-corrected chi connectivity index (χ1v) is 9.21. The predicted octanol–water partition coefficient (Wildman–Crippen LogP) is 5.30. The second-order valence-electron chi connectivity index (χ2n) is 7.26. The summed E-state index contributed by atoms with van der Waals surface area (Å²) in [6, 6.07) is 5.65. The Morgan fingerprint density at radius 2 is 1.75 bits per heavy atom. The Hall–Kier alpha value is -3.21. The normalized spacial score (nSPS) is 11.9. The molecule has 3 aromatic rings. The van der Waals surface area contributed by atoms with Crippen molar-refractivity contribution >= 4 is 21.9 Å². The smallest absolute Gasteiger partial charge is 0.204 e. The molecule has 5 nitrogen and oxygen atoms in total. The summed E-state index contributed by atoms with van der Waals surface area (Å²) in [5, 5.41) is 30.8. The van der Waals surface area contributed by atoms with E-state index in [0.29, 0.717) is 12.0 Å². The number of allylic oxidation sites excluding steroid dienone is 4. The monoisotopic (exact) mass is 380 g/mol. The van der Waals surface area contributed by atoms with E-state index in [-0.39, 0.29) is 39.2 Å². The highest BCUT2D eigenvalue weighted by Gasteiger charge is 2.19. The third-order valence-electron chi connectivity index (χ3n) is 4.76. The molecule has 0 saturated heterocycles. The van der Waals surface area contributed by atoms with Gasteiger partial charge in [-0.25, -0.2) is 0 Å². The Morgan fingerprint density at radius 1 is 1.00 bits per heavy atom. The average Bonchev–Trinajstić information content (AvgIpc) is 2.61. The van der Waals surface area contributed by atoms with Crippen LogP contribution in [-0.2, 0) is 6.42 Å². The minimum Gasteiger partial charge on any atom is -0.507 e. The lowest BCUT2D eigenvalue weighted by Gasteiger charge is -2.10. The summed E-state index contributed by atoms with van der Waals surface area (Å²) in [7, 11) is 0. The molecule has 146 valence electrons. The van der Waals surface area contributed by atoms with Crippen molar-refractivity contribution in [3.05, 3.63) is 63.4 Å². The summed E-state index contributed by atoms with van der Waals surface area (Å²) in [6.07, 6.45) is 6.29. The van der Waals surface area contributed by atoms with E-state index in [1.807, 2.05) is 13.0 Å². The number of fused-ring (bicyclic) bond motifs is 2. The van der Waals surface area contributed by atoms with Gasteiger partial charge in [0.15, 0.2) is 11.3 Å². The molecule has 0 atom stereocenters. The van der Waals surface area contributed by atoms with Crippen LogP contribution in [0.1, 0.15) is 39.2 Å². The Morgan fingerprint density at radius 3 is 2.46 bits per heavy atom. The molecule has 1 aromatic heterocycles. The molecular formula is C23H24O5. The zero-order chi connectivity index (χ0) is 20.4. The quantitative estimate of drug-likeness (QED) is 0.413. The van der Waals surface area contributed by atoms with Gasteiger partial charge in [0.1, 0.15) is 22.5 Å². The summed E-state index contributed by atoms with van der Waals surface area (Å²) in [4.78, 5) is 12.8. The van der Waals surface area contributed by atoms with Crippen LogP contribution in [0.2, 0.25) is 0 Å². The molecular weight excluding hydrogens is 356 g/mol. The standard InChI is InChI=1S/C23H24O5/c1-13(2)6-4-7-14(3)10-11-15-18(25)12-19(26)20-21(27)16-8-5-9-17(24)22(16)28-23(15)20/h5-6,8-10,12,24-26H,4,7,11H2,1-3H3. The first kappa shape index (κ1) is 19.5. The Kier molecular flexibility index (Phi) is 5.45. The van der Waals surface area contributed by atoms with Crippen LogP contribution in [-0.4, -0.2) is 15.3 Å². The van der Waals surface area contributed by atoms with Gasteiger partial charge in [-0.3, -0.25) is 4.79 Å². The molecule has 0 aliphatic carbocycles. The molecule has 0 radical (unpaired) electrons. The molecule has 0 fully saturated rings. The number of aromatic hydroxyl groups is 3. The topological polar surface area (TPSA) is 90.9 Å². The van der Waals surface area contributed by atoms with Gasteiger partial charge >= 0.3 is 0 Å². The fourth-order valence-corrected chi connectivity index (χ4v) is 3.22. The molecule has 0 bridgehead atoms. The third-order valence-corrected chi connectivity index (χ3v) is 4.76. The van der Waals surface area contributed by atoms with Crippen LogP contribution in [0.5, 0.6) is 17.2 Å². The molecule has 1 heterocycles. The van der Waals surface area contributed by atoms with Crippen molar-refractivity contribution in [2.45, 2.75) is 40.0 Å². The highest BCUT2D eigenvalue weighted by atomic mass is 16.4. The van der Waals surface area contributed by atoms with Crippen LogP contribution < -0.4 is 5.43 Å². The maximum atomic E-state index is 12.8. The average molecular weight is 380 g/mol. The van der Waals surface area contributed by atoms with Crippen molar-refractivity contribution in [3.8, 4) is 17.2 Å². The second-order valence-corrected chi connectivity index (χ2v) is 7.26. The molecule has 0 saturated carbocycles. The van der Waals surface area contributed by atoms with Crippen molar-refractivity contribution in [3.63, 3.8) is 0 Å². The molecule has 2 aromatic carbocycles. The van der Waals surface area contributed by atoms with E-state index < -0.39 is 5.43 Å². The van der Waals surface area contributed by atoms with Gasteiger partial charge < -0.3 is 19.7 Å². The van der Waals surface area contributed by atoms with Gasteiger partial charge in [0.05, 0.1) is 5.39 Å². The minimum absolute atomic E-state index is 0.00138. The number of phenolic OH excluding ortho intramolecular Hbond substituents is 3. The van der Waals surface area contributed by atoms with Gasteiger partial charge in [-0.05, 0) is 52.2 Å². The molecule has 5 heteroatoms. The zero-order valence-corrected chi connectivity index (χ0v) is 16.2. The van der Waals surface area contributed by atoms with E-state index in [1.54, 1.807) is 0 Å². The van der Waals surface area contributed by atoms with Gasteiger partial charge in [0.2, 0.25) is 5.43 Å². The van der Waals surface area contributed by atoms with Crippen LogP contribution in [0.25, 0.3) is 21.9 Å². The Bertz CT molecular complexity index is 1160. The lowest BCUT2D eigenvalue weighted by atomic mass is 10.0. The largest absolute Gasteiger partial charge is 0.507 e. The molecule has 0 aliphatic heterocycles. The lowest BCUT2D eigenvalue weighted by Crippen LogP contribution is -2.04. The molecule has 3 rings (SSSR count). The van der Waals surface area contributed by atoms with Crippen LogP contribution >= 0.6 is 0 Å². The molecule has 28 heavy (non-hydrogen) atoms. The van der Waals surface area contributed by atoms with Crippen molar-refractivity contribution in [1.29, 1.82) is 0 Å². The lowest BCUT2D eigenvalue weighted by molar-refractivity contribution is 0.446. The minimum atomic E-state index is -0.449. The number of rotatable bonds is 5. The summed E-state index contributed by atoms with van der Waals surface area (Å²) in [5.74, 6) is -0.672. The second kappa shape index (κ2) is 7.80.